The lowest BCUT2D eigenvalue weighted by Gasteiger charge is -1.96. The van der Waals surface area contributed by atoms with Gasteiger partial charge in [-0.2, -0.15) is 11.3 Å². The van der Waals surface area contributed by atoms with Crippen molar-refractivity contribution in [3.8, 4) is 0 Å². The molecule has 2 heteroatoms. The molecule has 66 valence electrons. The first-order valence-electron chi connectivity index (χ1n) is 4.44. The SMILES string of the molecule is CCCCCCc1ccsc1.[MgH2]. The average Bonchev–Trinajstić information content (AvgIpc) is 2.50. The highest BCUT2D eigenvalue weighted by Gasteiger charge is 1.91. The summed E-state index contributed by atoms with van der Waals surface area (Å²) in [6.45, 7) is 2.25. The monoisotopic (exact) mass is 194 g/mol. The lowest BCUT2D eigenvalue weighted by Crippen LogP contribution is -1.81. The van der Waals surface area contributed by atoms with Crippen LogP contribution in [-0.4, -0.2) is 23.1 Å². The van der Waals surface area contributed by atoms with Crippen molar-refractivity contribution in [2.24, 2.45) is 0 Å². The third-order valence-electron chi connectivity index (χ3n) is 1.90. The van der Waals surface area contributed by atoms with E-state index in [-0.39, 0.29) is 23.1 Å². The molecule has 0 bridgehead atoms. The fourth-order valence-corrected chi connectivity index (χ4v) is 1.89. The molecule has 0 spiro atoms. The lowest BCUT2D eigenvalue weighted by molar-refractivity contribution is 0.667. The molecule has 1 rings (SSSR count). The molecule has 0 amide bonds. The van der Waals surface area contributed by atoms with Crippen LogP contribution >= 0.6 is 11.3 Å². The topological polar surface area (TPSA) is 0 Å². The van der Waals surface area contributed by atoms with Crippen LogP contribution in [0.3, 0.4) is 0 Å². The number of unbranched alkanes of at least 4 members (excludes halogenated alkanes) is 3. The molecule has 0 saturated heterocycles. The highest BCUT2D eigenvalue weighted by Crippen LogP contribution is 2.10. The maximum Gasteiger partial charge on any atom is 0.316 e. The van der Waals surface area contributed by atoms with E-state index >= 15 is 0 Å². The summed E-state index contributed by atoms with van der Waals surface area (Å²) in [4.78, 5) is 0. The molecule has 0 radical (unpaired) electrons. The fraction of sp³-hybridized carbons (Fsp3) is 0.600. The third-order valence-corrected chi connectivity index (χ3v) is 2.63. The molecule has 1 aromatic heterocycles. The fourth-order valence-electron chi connectivity index (χ4n) is 1.19. The molecule has 0 nitrogen and oxygen atoms in total. The van der Waals surface area contributed by atoms with Gasteiger partial charge in [0, 0.05) is 0 Å². The zero-order valence-corrected chi connectivity index (χ0v) is 7.99. The van der Waals surface area contributed by atoms with Gasteiger partial charge in [0.1, 0.15) is 0 Å². The normalized spacial score (nSPS) is 9.42. The Labute approximate surface area is 95.5 Å². The number of hydrogen-bond donors (Lipinski definition) is 0. The van der Waals surface area contributed by atoms with Gasteiger partial charge in [0.2, 0.25) is 0 Å². The van der Waals surface area contributed by atoms with Crippen LogP contribution in [0.25, 0.3) is 0 Å². The zero-order chi connectivity index (χ0) is 7.94. The molecule has 1 heterocycles. The lowest BCUT2D eigenvalue weighted by atomic mass is 10.1. The van der Waals surface area contributed by atoms with Crippen LogP contribution in [-0.2, 0) is 6.42 Å². The van der Waals surface area contributed by atoms with E-state index in [9.17, 15) is 0 Å². The molecule has 0 aromatic carbocycles. The van der Waals surface area contributed by atoms with E-state index in [0.29, 0.717) is 0 Å². The van der Waals surface area contributed by atoms with Gasteiger partial charge in [-0.1, -0.05) is 26.2 Å². The van der Waals surface area contributed by atoms with Crippen molar-refractivity contribution < 1.29 is 0 Å². The second-order valence-corrected chi connectivity index (χ2v) is 3.72. The molecule has 0 fully saturated rings. The minimum Gasteiger partial charge on any atom is -0.152 e. The summed E-state index contributed by atoms with van der Waals surface area (Å²) in [5.74, 6) is 0. The molecular weight excluding hydrogens is 176 g/mol. The summed E-state index contributed by atoms with van der Waals surface area (Å²) in [6, 6.07) is 2.23. The molecule has 0 aliphatic carbocycles. The van der Waals surface area contributed by atoms with Gasteiger partial charge in [0.15, 0.2) is 0 Å². The number of hydrogen-bond acceptors (Lipinski definition) is 1. The Morgan fingerprint density at radius 2 is 2.08 bits per heavy atom. The van der Waals surface area contributed by atoms with E-state index in [1.165, 1.54) is 37.7 Å². The average molecular weight is 195 g/mol. The van der Waals surface area contributed by atoms with Gasteiger partial charge >= 0.3 is 23.1 Å². The summed E-state index contributed by atoms with van der Waals surface area (Å²) in [5, 5.41) is 4.42. The molecular formula is C10H18MgS. The maximum absolute atomic E-state index is 2.26. The van der Waals surface area contributed by atoms with Crippen molar-refractivity contribution >= 4 is 34.4 Å². The van der Waals surface area contributed by atoms with Gasteiger partial charge in [0.05, 0.1) is 0 Å². The Balaban J connectivity index is 0.00000121. The van der Waals surface area contributed by atoms with Crippen molar-refractivity contribution in [1.82, 2.24) is 0 Å². The molecule has 0 aliphatic heterocycles. The molecule has 0 unspecified atom stereocenters. The summed E-state index contributed by atoms with van der Waals surface area (Å²) >= 11 is 1.80. The van der Waals surface area contributed by atoms with Crippen LogP contribution in [0, 0.1) is 0 Å². The Hall–Kier alpha value is 0.466. The Kier molecular flexibility index (Phi) is 8.40. The third kappa shape index (κ3) is 5.17. The highest BCUT2D eigenvalue weighted by atomic mass is 32.1. The number of rotatable bonds is 5. The summed E-state index contributed by atoms with van der Waals surface area (Å²) in [5.41, 5.74) is 1.52. The first-order chi connectivity index (χ1) is 5.43. The van der Waals surface area contributed by atoms with Crippen molar-refractivity contribution in [2.45, 2.75) is 39.0 Å². The van der Waals surface area contributed by atoms with Crippen LogP contribution in [0.2, 0.25) is 0 Å². The summed E-state index contributed by atoms with van der Waals surface area (Å²) in [6.07, 6.45) is 6.77. The van der Waals surface area contributed by atoms with Crippen LogP contribution in [0.15, 0.2) is 16.8 Å². The van der Waals surface area contributed by atoms with Gasteiger partial charge in [-0.25, -0.2) is 0 Å². The van der Waals surface area contributed by atoms with Gasteiger partial charge in [-0.05, 0) is 35.2 Å². The Morgan fingerprint density at radius 3 is 2.67 bits per heavy atom. The Morgan fingerprint density at radius 1 is 1.25 bits per heavy atom. The first-order valence-corrected chi connectivity index (χ1v) is 5.39. The van der Waals surface area contributed by atoms with Gasteiger partial charge < -0.3 is 0 Å². The Bertz CT molecular complexity index is 170. The standard InChI is InChI=1S/C10H16S.Mg.2H/c1-2-3-4-5-6-10-7-8-11-9-10;;;/h7-9H,2-6H2,1H3;;;. The minimum absolute atomic E-state index is 0. The van der Waals surface area contributed by atoms with E-state index in [1.807, 2.05) is 0 Å². The molecule has 12 heavy (non-hydrogen) atoms. The molecule has 0 saturated carbocycles. The van der Waals surface area contributed by atoms with E-state index in [0.717, 1.165) is 0 Å². The summed E-state index contributed by atoms with van der Waals surface area (Å²) in [7, 11) is 0. The van der Waals surface area contributed by atoms with Crippen LogP contribution < -0.4 is 0 Å². The van der Waals surface area contributed by atoms with E-state index in [2.05, 4.69) is 23.8 Å². The minimum atomic E-state index is 0. The molecule has 0 aliphatic rings. The predicted molar refractivity (Wildman–Crippen MR) is 60.7 cm³/mol. The van der Waals surface area contributed by atoms with E-state index < -0.39 is 0 Å². The summed E-state index contributed by atoms with van der Waals surface area (Å²) < 4.78 is 0. The first kappa shape index (κ1) is 12.5. The van der Waals surface area contributed by atoms with Crippen LogP contribution in [0.5, 0.6) is 0 Å². The second-order valence-electron chi connectivity index (χ2n) is 2.94. The predicted octanol–water partition coefficient (Wildman–Crippen LogP) is 2.95. The zero-order valence-electron chi connectivity index (χ0n) is 7.18. The van der Waals surface area contributed by atoms with Gasteiger partial charge in [-0.15, -0.1) is 0 Å². The molecule has 0 N–H and O–H groups in total. The largest absolute Gasteiger partial charge is 0.316 e. The highest BCUT2D eigenvalue weighted by molar-refractivity contribution is 7.07. The van der Waals surface area contributed by atoms with E-state index in [4.69, 9.17) is 0 Å². The number of thiophene rings is 1. The van der Waals surface area contributed by atoms with Crippen LogP contribution in [0.4, 0.5) is 0 Å². The molecule has 0 atom stereocenters. The van der Waals surface area contributed by atoms with Crippen molar-refractivity contribution in [3.05, 3.63) is 22.4 Å². The quantitative estimate of drug-likeness (QED) is 0.500. The molecule has 1 aromatic rings. The van der Waals surface area contributed by atoms with E-state index in [1.54, 1.807) is 11.3 Å². The number of aryl methyl sites for hydroxylation is 1. The second kappa shape index (κ2) is 8.08. The van der Waals surface area contributed by atoms with Crippen molar-refractivity contribution in [2.75, 3.05) is 0 Å². The van der Waals surface area contributed by atoms with Crippen molar-refractivity contribution in [3.63, 3.8) is 0 Å². The van der Waals surface area contributed by atoms with Crippen LogP contribution in [0.1, 0.15) is 38.2 Å². The van der Waals surface area contributed by atoms with Gasteiger partial charge in [0.25, 0.3) is 0 Å². The van der Waals surface area contributed by atoms with Crippen molar-refractivity contribution in [1.29, 1.82) is 0 Å². The smallest absolute Gasteiger partial charge is 0.152 e. The maximum atomic E-state index is 2.26. The van der Waals surface area contributed by atoms with Gasteiger partial charge in [-0.3, -0.25) is 0 Å².